The van der Waals surface area contributed by atoms with E-state index in [1.807, 2.05) is 60.7 Å². The summed E-state index contributed by atoms with van der Waals surface area (Å²) in [6.07, 6.45) is -2.16. The number of anilines is 2. The molecule has 0 spiro atoms. The second-order valence-corrected chi connectivity index (χ2v) is 10.5. The molecule has 44 heavy (non-hydrogen) atoms. The monoisotopic (exact) mass is 602 g/mol. The van der Waals surface area contributed by atoms with Crippen molar-refractivity contribution in [2.24, 2.45) is 7.05 Å². The van der Waals surface area contributed by atoms with E-state index in [1.165, 1.54) is 15.7 Å². The van der Waals surface area contributed by atoms with Gasteiger partial charge in [-0.2, -0.15) is 14.8 Å². The maximum atomic E-state index is 11.0. The van der Waals surface area contributed by atoms with Crippen molar-refractivity contribution in [1.29, 1.82) is 0 Å². The number of hydrogen-bond donors (Lipinski definition) is 4. The Morgan fingerprint density at radius 3 is 2.07 bits per heavy atom. The third kappa shape index (κ3) is 5.95. The fourth-order valence-corrected chi connectivity index (χ4v) is 5.25. The van der Waals surface area contributed by atoms with Crippen LogP contribution >= 0.6 is 0 Å². The van der Waals surface area contributed by atoms with E-state index in [0.717, 1.165) is 11.1 Å². The first-order chi connectivity index (χ1) is 21.5. The lowest BCUT2D eigenvalue weighted by atomic mass is 10.1. The van der Waals surface area contributed by atoms with E-state index in [0.29, 0.717) is 37.3 Å². The molecule has 0 saturated carbocycles. The average molecular weight is 603 g/mol. The van der Waals surface area contributed by atoms with Gasteiger partial charge in [0.15, 0.2) is 29.3 Å². The molecule has 1 aliphatic rings. The number of hydrogen-bond acceptors (Lipinski definition) is 13. The first-order valence-electron chi connectivity index (χ1n) is 14.3. The van der Waals surface area contributed by atoms with Gasteiger partial charge in [0.25, 0.3) is 0 Å². The van der Waals surface area contributed by atoms with Gasteiger partial charge in [0.05, 0.1) is 13.4 Å². The van der Waals surface area contributed by atoms with Gasteiger partial charge in [-0.05, 0) is 29.2 Å². The summed E-state index contributed by atoms with van der Waals surface area (Å²) < 4.78 is 7.57. The molecule has 1 saturated heterocycles. The number of ether oxygens (including phenoxy) is 1. The molecule has 4 atom stereocenters. The summed E-state index contributed by atoms with van der Waals surface area (Å²) in [6, 6.07) is 19.7. The standard InChI is InChI=1S/C29H34N10O5/c1-36-34-25(33-35-36)24-22(42)23(43)28(44-24)39-16-30-21-26(37(17-40)14-12-19-8-4-2-5-9-19)31-29(32-27(21)39)38(18-41)15-13-20-10-6-3-7-11-20/h2-11,16,22-24,28,40-43H,12-15,17-18H2,1H3/t22-,23+,24-,28+/m0/s1. The summed E-state index contributed by atoms with van der Waals surface area (Å²) in [6.45, 7) is 0.112. The first kappa shape index (κ1) is 29.5. The fraction of sp³-hybridized carbons (Fsp3) is 0.379. The number of fused-ring (bicyclic) bond motifs is 1. The lowest BCUT2D eigenvalue weighted by Crippen LogP contribution is -2.32. The van der Waals surface area contributed by atoms with E-state index < -0.39 is 24.5 Å². The number of benzene rings is 2. The number of tetrazole rings is 1. The SMILES string of the molecule is Cn1nnc([C@H]2O[C@@H](n3cnc4c(N(CO)CCc5ccccc5)nc(N(CO)CCc5ccccc5)nc43)[C@H](O)[C@@H]2O)n1. The molecular weight excluding hydrogens is 568 g/mol. The second-order valence-electron chi connectivity index (χ2n) is 10.5. The topological polar surface area (TPSA) is 184 Å². The summed E-state index contributed by atoms with van der Waals surface area (Å²) in [4.78, 5) is 18.6. The minimum Gasteiger partial charge on any atom is -0.387 e. The molecule has 0 radical (unpaired) electrons. The number of aliphatic hydroxyl groups excluding tert-OH is 4. The molecule has 3 aromatic heterocycles. The van der Waals surface area contributed by atoms with Gasteiger partial charge in [-0.3, -0.25) is 4.57 Å². The van der Waals surface area contributed by atoms with Gasteiger partial charge in [0, 0.05) is 13.1 Å². The fourth-order valence-electron chi connectivity index (χ4n) is 5.25. The van der Waals surface area contributed by atoms with Crippen molar-refractivity contribution in [3.8, 4) is 0 Å². The molecule has 4 N–H and O–H groups in total. The molecule has 1 fully saturated rings. The Kier molecular flexibility index (Phi) is 8.72. The molecule has 0 aliphatic carbocycles. The van der Waals surface area contributed by atoms with E-state index in [1.54, 1.807) is 16.8 Å². The summed E-state index contributed by atoms with van der Waals surface area (Å²) in [7, 11) is 1.59. The van der Waals surface area contributed by atoms with Crippen LogP contribution in [0.2, 0.25) is 0 Å². The van der Waals surface area contributed by atoms with Crippen molar-refractivity contribution in [1.82, 2.24) is 39.7 Å². The van der Waals surface area contributed by atoms with Crippen molar-refractivity contribution in [2.75, 3.05) is 36.4 Å². The predicted molar refractivity (Wildman–Crippen MR) is 158 cm³/mol. The molecule has 4 heterocycles. The number of aliphatic hydroxyl groups is 4. The van der Waals surface area contributed by atoms with Crippen LogP contribution in [0.3, 0.4) is 0 Å². The normalized spacial score (nSPS) is 19.9. The van der Waals surface area contributed by atoms with Crippen molar-refractivity contribution in [2.45, 2.75) is 37.4 Å². The zero-order valence-corrected chi connectivity index (χ0v) is 24.1. The van der Waals surface area contributed by atoms with Gasteiger partial charge >= 0.3 is 0 Å². The highest BCUT2D eigenvalue weighted by Crippen LogP contribution is 2.39. The molecular formula is C29H34N10O5. The number of nitrogens with zero attached hydrogens (tertiary/aromatic N) is 10. The Labute approximate surface area is 252 Å². The number of rotatable bonds is 12. The molecule has 0 amide bonds. The summed E-state index contributed by atoms with van der Waals surface area (Å²) in [5.41, 5.74) is 2.80. The Bertz CT molecular complexity index is 1670. The summed E-state index contributed by atoms with van der Waals surface area (Å²) >= 11 is 0. The van der Waals surface area contributed by atoms with E-state index in [9.17, 15) is 20.4 Å². The van der Waals surface area contributed by atoms with Gasteiger partial charge in [-0.15, -0.1) is 10.2 Å². The van der Waals surface area contributed by atoms with E-state index in [4.69, 9.17) is 14.7 Å². The molecule has 2 aromatic carbocycles. The highest BCUT2D eigenvalue weighted by atomic mass is 16.6. The highest BCUT2D eigenvalue weighted by molar-refractivity contribution is 5.85. The Hall–Kier alpha value is -4.54. The minimum atomic E-state index is -1.37. The molecule has 230 valence electrons. The number of aromatic nitrogens is 8. The van der Waals surface area contributed by atoms with Crippen molar-refractivity contribution in [3.05, 3.63) is 83.9 Å². The third-order valence-electron chi connectivity index (χ3n) is 7.63. The molecule has 6 rings (SSSR count). The number of imidazole rings is 1. The molecule has 0 unspecified atom stereocenters. The summed E-state index contributed by atoms with van der Waals surface area (Å²) in [5.74, 6) is 0.674. The Balaban J connectivity index is 1.38. The average Bonchev–Trinajstić information content (AvgIpc) is 3.76. The maximum Gasteiger partial charge on any atom is 0.231 e. The Morgan fingerprint density at radius 2 is 1.48 bits per heavy atom. The Morgan fingerprint density at radius 1 is 0.841 bits per heavy atom. The highest BCUT2D eigenvalue weighted by Gasteiger charge is 2.47. The molecule has 5 aromatic rings. The number of aryl methyl sites for hydroxylation is 1. The van der Waals surface area contributed by atoms with Crippen LogP contribution in [0.5, 0.6) is 0 Å². The molecule has 15 heteroatoms. The van der Waals surface area contributed by atoms with Crippen LogP contribution in [0.4, 0.5) is 11.8 Å². The van der Waals surface area contributed by atoms with Gasteiger partial charge < -0.3 is 35.0 Å². The lowest BCUT2D eigenvalue weighted by molar-refractivity contribution is -0.0384. The van der Waals surface area contributed by atoms with E-state index >= 15 is 0 Å². The van der Waals surface area contributed by atoms with Crippen LogP contribution in [0.1, 0.15) is 29.3 Å². The smallest absolute Gasteiger partial charge is 0.231 e. The minimum absolute atomic E-state index is 0.127. The van der Waals surface area contributed by atoms with Crippen LogP contribution < -0.4 is 9.80 Å². The van der Waals surface area contributed by atoms with Crippen LogP contribution in [0.25, 0.3) is 11.2 Å². The molecule has 15 nitrogen and oxygen atoms in total. The van der Waals surface area contributed by atoms with E-state index in [2.05, 4.69) is 20.4 Å². The quantitative estimate of drug-likeness (QED) is 0.144. The third-order valence-corrected chi connectivity index (χ3v) is 7.63. The van der Waals surface area contributed by atoms with Gasteiger partial charge in [0.2, 0.25) is 11.8 Å². The lowest BCUT2D eigenvalue weighted by Gasteiger charge is -2.25. The van der Waals surface area contributed by atoms with Gasteiger partial charge in [0.1, 0.15) is 25.7 Å². The maximum absolute atomic E-state index is 11.0. The van der Waals surface area contributed by atoms with E-state index in [-0.39, 0.29) is 30.9 Å². The van der Waals surface area contributed by atoms with Crippen LogP contribution in [-0.4, -0.2) is 98.9 Å². The zero-order valence-electron chi connectivity index (χ0n) is 24.1. The van der Waals surface area contributed by atoms with Crippen LogP contribution in [0.15, 0.2) is 67.0 Å². The molecule has 0 bridgehead atoms. The second kappa shape index (κ2) is 13.0. The van der Waals surface area contributed by atoms with Gasteiger partial charge in [-0.1, -0.05) is 60.7 Å². The van der Waals surface area contributed by atoms with Crippen LogP contribution in [0, 0.1) is 0 Å². The molecule has 1 aliphatic heterocycles. The summed E-state index contributed by atoms with van der Waals surface area (Å²) in [5, 5.41) is 54.6. The van der Waals surface area contributed by atoms with Crippen LogP contribution in [-0.2, 0) is 24.6 Å². The largest absolute Gasteiger partial charge is 0.387 e. The van der Waals surface area contributed by atoms with Crippen molar-refractivity contribution in [3.63, 3.8) is 0 Å². The van der Waals surface area contributed by atoms with Gasteiger partial charge in [-0.25, -0.2) is 4.98 Å². The zero-order chi connectivity index (χ0) is 30.6. The predicted octanol–water partition coefficient (Wildman–Crippen LogP) is 0.339. The first-order valence-corrected chi connectivity index (χ1v) is 14.3. The van der Waals surface area contributed by atoms with Crippen molar-refractivity contribution >= 4 is 22.9 Å². The van der Waals surface area contributed by atoms with Crippen molar-refractivity contribution < 1.29 is 25.2 Å².